The molecule has 2 aliphatic rings. The number of rotatable bonds is 6. The van der Waals surface area contributed by atoms with Gasteiger partial charge in [0.2, 0.25) is 11.9 Å². The minimum Gasteiger partial charge on any atom is -0.352 e. The summed E-state index contributed by atoms with van der Waals surface area (Å²) in [7, 11) is 0. The number of benzene rings is 1. The fourth-order valence-electron chi connectivity index (χ4n) is 3.98. The number of carbonyl (C=O) groups is 1. The average molecular weight is 400 g/mol. The lowest BCUT2D eigenvalue weighted by Crippen LogP contribution is -2.37. The highest BCUT2D eigenvalue weighted by Gasteiger charge is 2.26. The zero-order valence-corrected chi connectivity index (χ0v) is 17.5. The van der Waals surface area contributed by atoms with Gasteiger partial charge in [0.25, 0.3) is 0 Å². The zero-order valence-electron chi connectivity index (χ0n) is 16.7. The van der Waals surface area contributed by atoms with Crippen LogP contribution >= 0.6 is 11.8 Å². The molecule has 1 unspecified atom stereocenters. The molecule has 2 fully saturated rings. The van der Waals surface area contributed by atoms with Gasteiger partial charge in [-0.3, -0.25) is 9.36 Å². The first kappa shape index (κ1) is 19.3. The van der Waals surface area contributed by atoms with E-state index >= 15 is 0 Å². The maximum absolute atomic E-state index is 12.7. The summed E-state index contributed by atoms with van der Waals surface area (Å²) >= 11 is 1.49. The van der Waals surface area contributed by atoms with E-state index in [0.717, 1.165) is 42.7 Å². The van der Waals surface area contributed by atoms with Crippen molar-refractivity contribution in [3.63, 3.8) is 0 Å². The Hall–Kier alpha value is -2.02. The second-order valence-electron chi connectivity index (χ2n) is 7.90. The first-order chi connectivity index (χ1) is 13.6. The van der Waals surface area contributed by atoms with Gasteiger partial charge in [0.05, 0.1) is 10.9 Å². The molecular weight excluding hydrogens is 370 g/mol. The largest absolute Gasteiger partial charge is 0.352 e. The minimum atomic E-state index is -0.208. The molecule has 1 amide bonds. The van der Waals surface area contributed by atoms with E-state index in [1.807, 2.05) is 6.92 Å². The van der Waals surface area contributed by atoms with Gasteiger partial charge in [0.15, 0.2) is 5.16 Å². The van der Waals surface area contributed by atoms with Gasteiger partial charge in [-0.25, -0.2) is 0 Å². The highest BCUT2D eigenvalue weighted by molar-refractivity contribution is 8.00. The molecule has 2 heterocycles. The van der Waals surface area contributed by atoms with Gasteiger partial charge in [0, 0.05) is 19.1 Å². The molecule has 1 aromatic heterocycles. The van der Waals surface area contributed by atoms with Crippen LogP contribution in [0, 0.1) is 6.92 Å². The monoisotopic (exact) mass is 399 g/mol. The van der Waals surface area contributed by atoms with E-state index in [4.69, 9.17) is 0 Å². The second kappa shape index (κ2) is 8.55. The molecule has 6 nitrogen and oxygen atoms in total. The van der Waals surface area contributed by atoms with Gasteiger partial charge >= 0.3 is 0 Å². The average Bonchev–Trinajstić information content (AvgIpc) is 3.44. The summed E-state index contributed by atoms with van der Waals surface area (Å²) in [6, 6.07) is 8.75. The number of hydrogen-bond donors (Lipinski definition) is 1. The fourth-order valence-corrected chi connectivity index (χ4v) is 4.85. The van der Waals surface area contributed by atoms with Crippen molar-refractivity contribution in [1.82, 2.24) is 20.1 Å². The minimum absolute atomic E-state index is 0.0954. The van der Waals surface area contributed by atoms with Gasteiger partial charge in [-0.15, -0.1) is 10.2 Å². The molecule has 1 aliphatic carbocycles. The van der Waals surface area contributed by atoms with Crippen LogP contribution in [-0.2, 0) is 4.79 Å². The highest BCUT2D eigenvalue weighted by atomic mass is 32.2. The summed E-state index contributed by atoms with van der Waals surface area (Å²) in [6.45, 7) is 6.06. The predicted molar refractivity (Wildman–Crippen MR) is 113 cm³/mol. The summed E-state index contributed by atoms with van der Waals surface area (Å²) in [5.74, 6) is 0.977. The third-order valence-corrected chi connectivity index (χ3v) is 6.69. The maximum atomic E-state index is 12.7. The smallest absolute Gasteiger partial charge is 0.233 e. The van der Waals surface area contributed by atoms with E-state index in [1.54, 1.807) is 0 Å². The number of thioether (sulfide) groups is 1. The lowest BCUT2D eigenvalue weighted by Gasteiger charge is -2.20. The van der Waals surface area contributed by atoms with Crippen LogP contribution in [0.2, 0.25) is 0 Å². The number of aryl methyl sites for hydroxylation is 1. The number of nitrogens with one attached hydrogen (secondary N) is 1. The Bertz CT molecular complexity index is 807. The van der Waals surface area contributed by atoms with Crippen molar-refractivity contribution in [2.75, 3.05) is 18.0 Å². The molecule has 1 atom stereocenters. The van der Waals surface area contributed by atoms with E-state index in [0.29, 0.717) is 6.04 Å². The molecule has 150 valence electrons. The summed E-state index contributed by atoms with van der Waals surface area (Å²) in [5, 5.41) is 12.7. The van der Waals surface area contributed by atoms with E-state index in [1.165, 1.54) is 43.0 Å². The Morgan fingerprint density at radius 2 is 1.79 bits per heavy atom. The number of hydrogen-bond acceptors (Lipinski definition) is 5. The predicted octanol–water partition coefficient (Wildman–Crippen LogP) is 3.72. The molecule has 0 bridgehead atoms. The van der Waals surface area contributed by atoms with Crippen LogP contribution in [0.3, 0.4) is 0 Å². The molecule has 1 N–H and O–H groups in total. The zero-order chi connectivity index (χ0) is 19.5. The van der Waals surface area contributed by atoms with Crippen molar-refractivity contribution in [3.8, 4) is 5.69 Å². The first-order valence-electron chi connectivity index (χ1n) is 10.4. The summed E-state index contributed by atoms with van der Waals surface area (Å²) in [4.78, 5) is 15.0. The van der Waals surface area contributed by atoms with Crippen LogP contribution in [0.1, 0.15) is 51.0 Å². The molecule has 1 aliphatic heterocycles. The van der Waals surface area contributed by atoms with Gasteiger partial charge in [0.1, 0.15) is 0 Å². The lowest BCUT2D eigenvalue weighted by molar-refractivity contribution is -0.120. The van der Waals surface area contributed by atoms with Crippen molar-refractivity contribution in [2.24, 2.45) is 0 Å². The number of anilines is 1. The fraction of sp³-hybridized carbons (Fsp3) is 0.571. The van der Waals surface area contributed by atoms with Crippen LogP contribution in [0.25, 0.3) is 5.69 Å². The Morgan fingerprint density at radius 3 is 2.46 bits per heavy atom. The molecule has 1 saturated heterocycles. The standard InChI is InChI=1S/C21H29N5OS/c1-15-9-11-18(12-10-15)26-20(25-13-5-6-14-25)23-24-21(26)28-16(2)19(27)22-17-7-3-4-8-17/h9-12,16-17H,3-8,13-14H2,1-2H3,(H,22,27). The van der Waals surface area contributed by atoms with Crippen molar-refractivity contribution < 1.29 is 4.79 Å². The van der Waals surface area contributed by atoms with E-state index in [2.05, 4.69) is 56.2 Å². The van der Waals surface area contributed by atoms with E-state index in [-0.39, 0.29) is 11.2 Å². The van der Waals surface area contributed by atoms with Gasteiger partial charge in [-0.05, 0) is 51.7 Å². The quantitative estimate of drug-likeness (QED) is 0.750. The first-order valence-corrected chi connectivity index (χ1v) is 11.2. The van der Waals surface area contributed by atoms with Crippen LogP contribution in [0.4, 0.5) is 5.95 Å². The third kappa shape index (κ3) is 4.19. The Labute approximate surface area is 171 Å². The van der Waals surface area contributed by atoms with Crippen molar-refractivity contribution in [3.05, 3.63) is 29.8 Å². The molecule has 0 spiro atoms. The van der Waals surface area contributed by atoms with E-state index in [9.17, 15) is 4.79 Å². The molecule has 1 aromatic carbocycles. The van der Waals surface area contributed by atoms with Crippen molar-refractivity contribution >= 4 is 23.6 Å². The Morgan fingerprint density at radius 1 is 1.11 bits per heavy atom. The van der Waals surface area contributed by atoms with Gasteiger partial charge < -0.3 is 10.2 Å². The molecule has 1 saturated carbocycles. The van der Waals surface area contributed by atoms with Gasteiger partial charge in [-0.2, -0.15) is 0 Å². The molecule has 7 heteroatoms. The summed E-state index contributed by atoms with van der Waals surface area (Å²) in [5.41, 5.74) is 2.27. The van der Waals surface area contributed by atoms with Crippen LogP contribution < -0.4 is 10.2 Å². The normalized spacial score (nSPS) is 18.6. The van der Waals surface area contributed by atoms with Crippen molar-refractivity contribution in [1.29, 1.82) is 0 Å². The van der Waals surface area contributed by atoms with Gasteiger partial charge in [-0.1, -0.05) is 42.3 Å². The van der Waals surface area contributed by atoms with Crippen LogP contribution in [0.15, 0.2) is 29.4 Å². The highest BCUT2D eigenvalue weighted by Crippen LogP contribution is 2.31. The van der Waals surface area contributed by atoms with Crippen LogP contribution in [0.5, 0.6) is 0 Å². The van der Waals surface area contributed by atoms with Crippen LogP contribution in [-0.4, -0.2) is 45.1 Å². The molecule has 0 radical (unpaired) electrons. The molecule has 4 rings (SSSR count). The van der Waals surface area contributed by atoms with E-state index < -0.39 is 0 Å². The second-order valence-corrected chi connectivity index (χ2v) is 9.21. The third-order valence-electron chi connectivity index (χ3n) is 5.65. The number of nitrogens with zero attached hydrogens (tertiary/aromatic N) is 4. The summed E-state index contributed by atoms with van der Waals surface area (Å²) in [6.07, 6.45) is 7.00. The van der Waals surface area contributed by atoms with Crippen molar-refractivity contribution in [2.45, 2.75) is 68.8 Å². The Kier molecular flexibility index (Phi) is 5.90. The molecule has 2 aromatic rings. The summed E-state index contributed by atoms with van der Waals surface area (Å²) < 4.78 is 2.11. The molecular formula is C21H29N5OS. The maximum Gasteiger partial charge on any atom is 0.233 e. The SMILES string of the molecule is Cc1ccc(-n2c(SC(C)C(=O)NC3CCCC3)nnc2N2CCCC2)cc1. The topological polar surface area (TPSA) is 63.1 Å². The number of carbonyl (C=O) groups excluding carboxylic acids is 1. The number of amides is 1. The lowest BCUT2D eigenvalue weighted by atomic mass is 10.2. The Balaban J connectivity index is 1.57. The number of aromatic nitrogens is 3. The molecule has 28 heavy (non-hydrogen) atoms.